The summed E-state index contributed by atoms with van der Waals surface area (Å²) in [6.07, 6.45) is 1.66. The van der Waals surface area contributed by atoms with E-state index >= 15 is 0 Å². The quantitative estimate of drug-likeness (QED) is 0.137. The van der Waals surface area contributed by atoms with Gasteiger partial charge < -0.3 is 24.3 Å². The molecule has 2 N–H and O–H groups in total. The molecule has 0 fully saturated rings. The van der Waals surface area contributed by atoms with E-state index in [2.05, 4.69) is 17.1 Å². The van der Waals surface area contributed by atoms with Crippen LogP contribution in [0.25, 0.3) is 44.1 Å². The van der Waals surface area contributed by atoms with Gasteiger partial charge in [0.15, 0.2) is 0 Å². The SMILES string of the molecule is COc1ccc(-c2nccc(C)c2-c2cccc3c(CCCOc4cccc5ccccc45)c(OC(=O)O)[nH]c23)cc1. The predicted octanol–water partition coefficient (Wildman–Crippen LogP) is 8.44. The number of hydrogen-bond donors (Lipinski definition) is 2. The number of carboxylic acid groups (broad SMARTS) is 1. The molecule has 0 atom stereocenters. The Hall–Kier alpha value is -5.30. The Morgan fingerprint density at radius 1 is 0.905 bits per heavy atom. The van der Waals surface area contributed by atoms with Crippen molar-refractivity contribution in [2.45, 2.75) is 19.8 Å². The Morgan fingerprint density at radius 2 is 1.67 bits per heavy atom. The van der Waals surface area contributed by atoms with Gasteiger partial charge in [0.25, 0.3) is 0 Å². The lowest BCUT2D eigenvalue weighted by atomic mass is 9.93. The van der Waals surface area contributed by atoms with Crippen molar-refractivity contribution in [2.75, 3.05) is 13.7 Å². The van der Waals surface area contributed by atoms with Gasteiger partial charge in [0, 0.05) is 39.2 Å². The van der Waals surface area contributed by atoms with Gasteiger partial charge in [-0.25, -0.2) is 4.79 Å². The van der Waals surface area contributed by atoms with E-state index in [-0.39, 0.29) is 5.88 Å². The van der Waals surface area contributed by atoms with Crippen molar-refractivity contribution in [3.05, 3.63) is 108 Å². The number of nitrogens with one attached hydrogen (secondary N) is 1. The molecule has 6 rings (SSSR count). The minimum absolute atomic E-state index is 0.225. The van der Waals surface area contributed by atoms with Gasteiger partial charge in [-0.3, -0.25) is 4.98 Å². The molecule has 42 heavy (non-hydrogen) atoms. The van der Waals surface area contributed by atoms with Crippen LogP contribution in [0.4, 0.5) is 4.79 Å². The van der Waals surface area contributed by atoms with Crippen LogP contribution in [0.15, 0.2) is 97.2 Å². The van der Waals surface area contributed by atoms with E-state index in [1.807, 2.05) is 85.8 Å². The third-order valence-electron chi connectivity index (χ3n) is 7.46. The van der Waals surface area contributed by atoms with Crippen molar-refractivity contribution in [2.24, 2.45) is 0 Å². The van der Waals surface area contributed by atoms with Gasteiger partial charge in [0.05, 0.1) is 24.9 Å². The molecular formula is C35H30N2O5. The molecule has 0 unspecified atom stereocenters. The number of H-pyrrole nitrogens is 1. The van der Waals surface area contributed by atoms with Crippen LogP contribution in [0.3, 0.4) is 0 Å². The summed E-state index contributed by atoms with van der Waals surface area (Å²) in [5.41, 5.74) is 6.28. The number of hydrogen-bond acceptors (Lipinski definition) is 5. The van der Waals surface area contributed by atoms with Crippen molar-refractivity contribution >= 4 is 27.8 Å². The van der Waals surface area contributed by atoms with Gasteiger partial charge >= 0.3 is 6.16 Å². The Labute approximate surface area is 243 Å². The predicted molar refractivity (Wildman–Crippen MR) is 165 cm³/mol. The lowest BCUT2D eigenvalue weighted by Gasteiger charge is -2.14. The van der Waals surface area contributed by atoms with Crippen LogP contribution in [0, 0.1) is 6.92 Å². The second kappa shape index (κ2) is 11.7. The fourth-order valence-electron chi connectivity index (χ4n) is 5.50. The first-order valence-electron chi connectivity index (χ1n) is 13.8. The Morgan fingerprint density at radius 3 is 2.48 bits per heavy atom. The summed E-state index contributed by atoms with van der Waals surface area (Å²) in [7, 11) is 1.64. The van der Waals surface area contributed by atoms with Crippen molar-refractivity contribution in [3.63, 3.8) is 0 Å². The summed E-state index contributed by atoms with van der Waals surface area (Å²) in [4.78, 5) is 19.7. The molecule has 0 saturated heterocycles. The lowest BCUT2D eigenvalue weighted by Crippen LogP contribution is -2.06. The highest BCUT2D eigenvalue weighted by Gasteiger charge is 2.21. The number of para-hydroxylation sites is 1. The van der Waals surface area contributed by atoms with Crippen molar-refractivity contribution < 1.29 is 24.1 Å². The Kier molecular flexibility index (Phi) is 7.47. The van der Waals surface area contributed by atoms with E-state index in [9.17, 15) is 9.90 Å². The van der Waals surface area contributed by atoms with Crippen molar-refractivity contribution in [3.8, 4) is 39.8 Å². The summed E-state index contributed by atoms with van der Waals surface area (Å²) in [6, 6.07) is 29.9. The maximum absolute atomic E-state index is 11.7. The van der Waals surface area contributed by atoms with E-state index in [4.69, 9.17) is 19.2 Å². The molecule has 0 radical (unpaired) electrons. The fourth-order valence-corrected chi connectivity index (χ4v) is 5.50. The van der Waals surface area contributed by atoms with Gasteiger partial charge in [0.2, 0.25) is 5.88 Å². The molecule has 0 bridgehead atoms. The van der Waals surface area contributed by atoms with Gasteiger partial charge in [-0.2, -0.15) is 0 Å². The number of ether oxygens (including phenoxy) is 3. The fraction of sp³-hybridized carbons (Fsp3) is 0.143. The first-order valence-corrected chi connectivity index (χ1v) is 13.8. The topological polar surface area (TPSA) is 93.7 Å². The number of pyridine rings is 1. The zero-order chi connectivity index (χ0) is 29.1. The second-order valence-electron chi connectivity index (χ2n) is 10.0. The standard InChI is InChI=1S/C35H30N2O5/c1-22-19-20-36-32(24-15-17-25(40-2)18-16-24)31(22)29-12-6-11-27-28(34(37-33(27)29)42-35(38)39)13-7-21-41-30-14-5-9-23-8-3-4-10-26(23)30/h3-6,8-12,14-20,37H,7,13,21H2,1-2H3,(H,38,39). The number of aromatic nitrogens is 2. The third kappa shape index (κ3) is 5.24. The van der Waals surface area contributed by atoms with Crippen molar-refractivity contribution in [1.29, 1.82) is 0 Å². The average Bonchev–Trinajstić information content (AvgIpc) is 3.35. The molecule has 4 aromatic carbocycles. The van der Waals surface area contributed by atoms with Gasteiger partial charge in [-0.05, 0) is 67.1 Å². The zero-order valence-electron chi connectivity index (χ0n) is 23.4. The highest BCUT2D eigenvalue weighted by Crippen LogP contribution is 2.40. The largest absolute Gasteiger partial charge is 0.512 e. The van der Waals surface area contributed by atoms with Gasteiger partial charge in [-0.1, -0.05) is 54.6 Å². The number of benzene rings is 4. The normalized spacial score (nSPS) is 11.1. The number of methoxy groups -OCH3 is 1. The Bertz CT molecular complexity index is 1890. The van der Waals surface area contributed by atoms with E-state index in [1.165, 1.54) is 0 Å². The van der Waals surface area contributed by atoms with Gasteiger partial charge in [-0.15, -0.1) is 0 Å². The number of rotatable bonds is 9. The molecule has 0 saturated carbocycles. The van der Waals surface area contributed by atoms with E-state index < -0.39 is 6.16 Å². The van der Waals surface area contributed by atoms with Crippen LogP contribution in [0.5, 0.6) is 17.4 Å². The molecule has 7 heteroatoms. The maximum Gasteiger partial charge on any atom is 0.512 e. The van der Waals surface area contributed by atoms with Gasteiger partial charge in [0.1, 0.15) is 11.5 Å². The summed E-state index contributed by atoms with van der Waals surface area (Å²) in [5.74, 6) is 1.82. The van der Waals surface area contributed by atoms with Crippen LogP contribution < -0.4 is 14.2 Å². The minimum atomic E-state index is -1.37. The lowest BCUT2D eigenvalue weighted by molar-refractivity contribution is 0.142. The third-order valence-corrected chi connectivity index (χ3v) is 7.46. The minimum Gasteiger partial charge on any atom is -0.497 e. The smallest absolute Gasteiger partial charge is 0.497 e. The number of aryl methyl sites for hydroxylation is 2. The molecular weight excluding hydrogens is 528 g/mol. The molecule has 7 nitrogen and oxygen atoms in total. The highest BCUT2D eigenvalue weighted by molar-refractivity contribution is 6.01. The molecule has 6 aromatic rings. The molecule has 210 valence electrons. The number of aromatic amines is 1. The average molecular weight is 559 g/mol. The maximum atomic E-state index is 11.7. The highest BCUT2D eigenvalue weighted by atomic mass is 16.7. The first kappa shape index (κ1) is 26.9. The van der Waals surface area contributed by atoms with Crippen LogP contribution >= 0.6 is 0 Å². The molecule has 2 aromatic heterocycles. The Balaban J connectivity index is 1.35. The summed E-state index contributed by atoms with van der Waals surface area (Å²) < 4.78 is 16.7. The number of nitrogens with zero attached hydrogens (tertiary/aromatic N) is 1. The molecule has 0 amide bonds. The van der Waals surface area contributed by atoms with E-state index in [1.54, 1.807) is 13.3 Å². The molecule has 0 aliphatic carbocycles. The first-order chi connectivity index (χ1) is 20.5. The summed E-state index contributed by atoms with van der Waals surface area (Å²) >= 11 is 0. The number of fused-ring (bicyclic) bond motifs is 2. The monoisotopic (exact) mass is 558 g/mol. The molecule has 0 aliphatic heterocycles. The molecule has 2 heterocycles. The van der Waals surface area contributed by atoms with Crippen LogP contribution in [-0.2, 0) is 6.42 Å². The van der Waals surface area contributed by atoms with Crippen molar-refractivity contribution in [1.82, 2.24) is 9.97 Å². The second-order valence-corrected chi connectivity index (χ2v) is 10.0. The summed E-state index contributed by atoms with van der Waals surface area (Å²) in [6.45, 7) is 2.52. The van der Waals surface area contributed by atoms with Crippen LogP contribution in [0.1, 0.15) is 17.5 Å². The molecule has 0 aliphatic rings. The van der Waals surface area contributed by atoms with Crippen LogP contribution in [-0.4, -0.2) is 34.9 Å². The zero-order valence-corrected chi connectivity index (χ0v) is 23.4. The number of carbonyl (C=O) groups is 1. The van der Waals surface area contributed by atoms with Crippen LogP contribution in [0.2, 0.25) is 0 Å². The van der Waals surface area contributed by atoms with E-state index in [0.717, 1.165) is 66.7 Å². The summed E-state index contributed by atoms with van der Waals surface area (Å²) in [5, 5.41) is 12.6. The van der Waals surface area contributed by atoms with E-state index in [0.29, 0.717) is 19.4 Å². The molecule has 0 spiro atoms.